The monoisotopic (exact) mass is 519 g/mol. The molecule has 37 heavy (non-hydrogen) atoms. The quantitative estimate of drug-likeness (QED) is 0.268. The molecule has 0 saturated carbocycles. The highest BCUT2D eigenvalue weighted by Gasteiger charge is 2.37. The van der Waals surface area contributed by atoms with E-state index in [1.807, 2.05) is 13.8 Å². The van der Waals surface area contributed by atoms with Crippen LogP contribution in [0.25, 0.3) is 0 Å². The van der Waals surface area contributed by atoms with Gasteiger partial charge in [-0.1, -0.05) is 38.5 Å². The number of hydrogen-bond donors (Lipinski definition) is 3. The number of alkyl carbamates (subject to hydrolysis) is 1. The minimum absolute atomic E-state index is 0.00590. The van der Waals surface area contributed by atoms with E-state index < -0.39 is 41.6 Å². The minimum Gasteiger partial charge on any atom is -0.508 e. The normalized spacial score (nSPS) is 13.5. The molecule has 0 aromatic heterocycles. The molecular weight excluding hydrogens is 478 g/mol. The van der Waals surface area contributed by atoms with Gasteiger partial charge < -0.3 is 30.1 Å². The van der Waals surface area contributed by atoms with Gasteiger partial charge in [0.05, 0.1) is 13.0 Å². The van der Waals surface area contributed by atoms with E-state index in [1.165, 1.54) is 23.1 Å². The van der Waals surface area contributed by atoms with Crippen molar-refractivity contribution in [1.29, 1.82) is 0 Å². The van der Waals surface area contributed by atoms with Gasteiger partial charge in [-0.2, -0.15) is 0 Å². The Balaban J connectivity index is 3.37. The topological polar surface area (TPSA) is 134 Å². The molecule has 0 aliphatic heterocycles. The third-order valence-corrected chi connectivity index (χ3v) is 5.44. The van der Waals surface area contributed by atoms with E-state index in [-0.39, 0.29) is 37.8 Å². The SMILES string of the molecule is C=CCN(C(=O)C(NC(=O)OC(C)(C)C)C(C)CC)C(C(=O)NCCC(=O)OCC)c1cccc(O)c1. The third kappa shape index (κ3) is 10.5. The standard InChI is InChI=1S/C27H41N3O7/c1-8-16-30(25(34)22(18(4)9-2)29-26(35)37-27(5,6)7)23(19-12-11-13-20(31)17-19)24(33)28-15-14-21(32)36-10-3/h8,11-13,17-18,22-23,31H,1,9-10,14-16H2,2-7H3,(H,28,33)(H,29,35). The molecule has 0 heterocycles. The fraction of sp³-hybridized carbons (Fsp3) is 0.556. The lowest BCUT2D eigenvalue weighted by Gasteiger charge is -2.35. The number of phenolic OH excluding ortho intramolecular Hbond substituents is 1. The summed E-state index contributed by atoms with van der Waals surface area (Å²) in [5, 5.41) is 15.4. The van der Waals surface area contributed by atoms with Gasteiger partial charge in [-0.3, -0.25) is 14.4 Å². The van der Waals surface area contributed by atoms with E-state index in [2.05, 4.69) is 17.2 Å². The maximum atomic E-state index is 13.9. The first-order chi connectivity index (χ1) is 17.3. The summed E-state index contributed by atoms with van der Waals surface area (Å²) >= 11 is 0. The van der Waals surface area contributed by atoms with E-state index in [9.17, 15) is 24.3 Å². The molecule has 0 spiro atoms. The molecule has 206 valence electrons. The lowest BCUT2D eigenvalue weighted by molar-refractivity contribution is -0.144. The number of rotatable bonds is 13. The van der Waals surface area contributed by atoms with E-state index in [1.54, 1.807) is 39.8 Å². The summed E-state index contributed by atoms with van der Waals surface area (Å²) in [6, 6.07) is 3.84. The van der Waals surface area contributed by atoms with Crippen molar-refractivity contribution < 1.29 is 33.8 Å². The zero-order valence-electron chi connectivity index (χ0n) is 22.7. The van der Waals surface area contributed by atoms with Crippen molar-refractivity contribution in [3.05, 3.63) is 42.5 Å². The maximum absolute atomic E-state index is 13.9. The maximum Gasteiger partial charge on any atom is 0.408 e. The van der Waals surface area contributed by atoms with Crippen molar-refractivity contribution in [3.63, 3.8) is 0 Å². The Morgan fingerprint density at radius 1 is 1.19 bits per heavy atom. The van der Waals surface area contributed by atoms with Crippen LogP contribution in [0, 0.1) is 5.92 Å². The molecular formula is C27H41N3O7. The summed E-state index contributed by atoms with van der Waals surface area (Å²) in [4.78, 5) is 52.9. The zero-order chi connectivity index (χ0) is 28.2. The number of carbonyl (C=O) groups excluding carboxylic acids is 4. The van der Waals surface area contributed by atoms with Gasteiger partial charge in [-0.15, -0.1) is 6.58 Å². The summed E-state index contributed by atoms with van der Waals surface area (Å²) in [7, 11) is 0. The first kappa shape index (κ1) is 31.5. The highest BCUT2D eigenvalue weighted by molar-refractivity contribution is 5.92. The summed E-state index contributed by atoms with van der Waals surface area (Å²) in [5.74, 6) is -1.92. The zero-order valence-corrected chi connectivity index (χ0v) is 22.7. The Kier molecular flexibility index (Phi) is 12.6. The number of amides is 3. The van der Waals surface area contributed by atoms with Crippen LogP contribution in [-0.4, -0.2) is 65.2 Å². The van der Waals surface area contributed by atoms with Gasteiger partial charge >= 0.3 is 12.1 Å². The van der Waals surface area contributed by atoms with Crippen molar-refractivity contribution in [2.24, 2.45) is 5.92 Å². The highest BCUT2D eigenvalue weighted by Crippen LogP contribution is 2.27. The first-order valence-corrected chi connectivity index (χ1v) is 12.5. The molecule has 10 nitrogen and oxygen atoms in total. The molecule has 1 aromatic rings. The van der Waals surface area contributed by atoms with E-state index in [0.717, 1.165) is 0 Å². The molecule has 0 fully saturated rings. The molecule has 1 aromatic carbocycles. The number of aromatic hydroxyl groups is 1. The Hall–Kier alpha value is -3.56. The van der Waals surface area contributed by atoms with Crippen LogP contribution in [-0.2, 0) is 23.9 Å². The Labute approximate surface area is 219 Å². The molecule has 3 amide bonds. The minimum atomic E-state index is -1.17. The van der Waals surface area contributed by atoms with Gasteiger partial charge in [-0.05, 0) is 51.3 Å². The molecule has 3 atom stereocenters. The predicted octanol–water partition coefficient (Wildman–Crippen LogP) is 3.46. The van der Waals surface area contributed by atoms with E-state index in [0.29, 0.717) is 12.0 Å². The Morgan fingerprint density at radius 2 is 1.86 bits per heavy atom. The largest absolute Gasteiger partial charge is 0.508 e. The van der Waals surface area contributed by atoms with Crippen LogP contribution in [0.4, 0.5) is 4.79 Å². The summed E-state index contributed by atoms with van der Waals surface area (Å²) in [6.07, 6.45) is 1.24. The lowest BCUT2D eigenvalue weighted by atomic mass is 9.95. The molecule has 3 unspecified atom stereocenters. The van der Waals surface area contributed by atoms with E-state index in [4.69, 9.17) is 9.47 Å². The second-order valence-corrected chi connectivity index (χ2v) is 9.63. The van der Waals surface area contributed by atoms with Crippen molar-refractivity contribution in [1.82, 2.24) is 15.5 Å². The van der Waals surface area contributed by atoms with E-state index >= 15 is 0 Å². The highest BCUT2D eigenvalue weighted by atomic mass is 16.6. The van der Waals surface area contributed by atoms with Crippen LogP contribution < -0.4 is 10.6 Å². The molecule has 3 N–H and O–H groups in total. The second kappa shape index (κ2) is 14.9. The molecule has 0 aliphatic carbocycles. The van der Waals surface area contributed by atoms with Gasteiger partial charge in [0.25, 0.3) is 0 Å². The van der Waals surface area contributed by atoms with Crippen LogP contribution in [0.15, 0.2) is 36.9 Å². The fourth-order valence-electron chi connectivity index (χ4n) is 3.54. The van der Waals surface area contributed by atoms with Gasteiger partial charge in [-0.25, -0.2) is 4.79 Å². The van der Waals surface area contributed by atoms with Gasteiger partial charge in [0.2, 0.25) is 11.8 Å². The van der Waals surface area contributed by atoms with Crippen LogP contribution >= 0.6 is 0 Å². The van der Waals surface area contributed by atoms with Crippen molar-refractivity contribution in [3.8, 4) is 5.75 Å². The summed E-state index contributed by atoms with van der Waals surface area (Å²) in [6.45, 7) is 14.5. The number of hydrogen-bond acceptors (Lipinski definition) is 7. The molecule has 0 bridgehead atoms. The molecule has 10 heteroatoms. The second-order valence-electron chi connectivity index (χ2n) is 9.63. The van der Waals surface area contributed by atoms with Gasteiger partial charge in [0.15, 0.2) is 0 Å². The van der Waals surface area contributed by atoms with Crippen molar-refractivity contribution in [2.45, 2.75) is 72.1 Å². The number of nitrogens with zero attached hydrogens (tertiary/aromatic N) is 1. The molecule has 0 aliphatic rings. The van der Waals surface area contributed by atoms with Crippen molar-refractivity contribution >= 4 is 23.9 Å². The van der Waals surface area contributed by atoms with Gasteiger partial charge in [0.1, 0.15) is 23.4 Å². The first-order valence-electron chi connectivity index (χ1n) is 12.5. The Bertz CT molecular complexity index is 942. The number of phenols is 1. The summed E-state index contributed by atoms with van der Waals surface area (Å²) in [5.41, 5.74) is -0.416. The van der Waals surface area contributed by atoms with Crippen LogP contribution in [0.3, 0.4) is 0 Å². The third-order valence-electron chi connectivity index (χ3n) is 5.44. The number of ether oxygens (including phenoxy) is 2. The molecule has 1 rings (SSSR count). The van der Waals surface area contributed by atoms with Gasteiger partial charge in [0, 0.05) is 13.1 Å². The fourth-order valence-corrected chi connectivity index (χ4v) is 3.54. The average molecular weight is 520 g/mol. The average Bonchev–Trinajstić information content (AvgIpc) is 2.80. The van der Waals surface area contributed by atoms with Crippen LogP contribution in [0.2, 0.25) is 0 Å². The van der Waals surface area contributed by atoms with Crippen molar-refractivity contribution in [2.75, 3.05) is 19.7 Å². The summed E-state index contributed by atoms with van der Waals surface area (Å²) < 4.78 is 10.3. The molecule has 0 radical (unpaired) electrons. The van der Waals surface area contributed by atoms with Crippen LogP contribution in [0.5, 0.6) is 5.75 Å². The Morgan fingerprint density at radius 3 is 2.41 bits per heavy atom. The van der Waals surface area contributed by atoms with Crippen LogP contribution in [0.1, 0.15) is 66.0 Å². The molecule has 0 saturated heterocycles. The lowest BCUT2D eigenvalue weighted by Crippen LogP contribution is -2.55. The number of nitrogens with one attached hydrogen (secondary N) is 2. The predicted molar refractivity (Wildman–Crippen MR) is 140 cm³/mol. The number of benzene rings is 1. The number of carbonyl (C=O) groups is 4. The number of esters is 1. The smallest absolute Gasteiger partial charge is 0.408 e.